The van der Waals surface area contributed by atoms with Crippen LogP contribution in [0.5, 0.6) is 5.75 Å². The van der Waals surface area contributed by atoms with Gasteiger partial charge in [-0.1, -0.05) is 0 Å². The highest BCUT2D eigenvalue weighted by atomic mass is 79.9. The zero-order valence-corrected chi connectivity index (χ0v) is 19.6. The Kier molecular flexibility index (Phi) is 6.60. The van der Waals surface area contributed by atoms with Crippen molar-refractivity contribution in [3.05, 3.63) is 58.6 Å². The highest BCUT2D eigenvalue weighted by molar-refractivity contribution is 9.10. The average Bonchev–Trinajstić information content (AvgIpc) is 3.28. The number of carbonyl (C=O) groups excluding carboxylic acids is 1. The van der Waals surface area contributed by atoms with Crippen LogP contribution in [0, 0.1) is 0 Å². The van der Waals surface area contributed by atoms with Crippen molar-refractivity contribution >= 4 is 37.7 Å². The second-order valence-electron chi connectivity index (χ2n) is 7.01. The van der Waals surface area contributed by atoms with E-state index in [9.17, 15) is 13.2 Å². The van der Waals surface area contributed by atoms with Gasteiger partial charge in [-0.25, -0.2) is 8.42 Å². The first-order valence-corrected chi connectivity index (χ1v) is 12.0. The van der Waals surface area contributed by atoms with E-state index in [-0.39, 0.29) is 23.5 Å². The highest BCUT2D eigenvalue weighted by Gasteiger charge is 2.29. The molecule has 32 heavy (non-hydrogen) atoms. The SMILES string of the molecule is COc1ccc(-c2cc(NC(=O)c3ccc(Br)c(S(=O)(=O)N4CCOCC4)c3)n[nH]2)cc1. The van der Waals surface area contributed by atoms with Crippen LogP contribution in [0.3, 0.4) is 0 Å². The lowest BCUT2D eigenvalue weighted by Gasteiger charge is -2.26. The van der Waals surface area contributed by atoms with Crippen LogP contribution in [-0.2, 0) is 14.8 Å². The minimum Gasteiger partial charge on any atom is -0.497 e. The minimum atomic E-state index is -3.76. The normalized spacial score (nSPS) is 14.8. The number of aromatic nitrogens is 2. The number of amides is 1. The van der Waals surface area contributed by atoms with Crippen LogP contribution < -0.4 is 10.1 Å². The number of hydrogen-bond donors (Lipinski definition) is 2. The number of aromatic amines is 1. The summed E-state index contributed by atoms with van der Waals surface area (Å²) < 4.78 is 38.2. The van der Waals surface area contributed by atoms with Crippen molar-refractivity contribution in [3.63, 3.8) is 0 Å². The summed E-state index contributed by atoms with van der Waals surface area (Å²) in [7, 11) is -2.17. The number of benzene rings is 2. The lowest BCUT2D eigenvalue weighted by atomic mass is 10.1. The monoisotopic (exact) mass is 520 g/mol. The summed E-state index contributed by atoms with van der Waals surface area (Å²) in [5, 5.41) is 9.70. The summed E-state index contributed by atoms with van der Waals surface area (Å²) >= 11 is 3.29. The van der Waals surface area contributed by atoms with Gasteiger partial charge in [0.2, 0.25) is 10.0 Å². The fourth-order valence-electron chi connectivity index (χ4n) is 3.26. The smallest absolute Gasteiger partial charge is 0.256 e. The van der Waals surface area contributed by atoms with Gasteiger partial charge in [0.1, 0.15) is 5.75 Å². The van der Waals surface area contributed by atoms with E-state index in [4.69, 9.17) is 9.47 Å². The second-order valence-corrected chi connectivity index (χ2v) is 9.77. The number of rotatable bonds is 6. The molecule has 0 unspecified atom stereocenters. The Balaban J connectivity index is 1.53. The molecule has 0 aliphatic carbocycles. The van der Waals surface area contributed by atoms with Crippen LogP contribution in [0.2, 0.25) is 0 Å². The Morgan fingerprint density at radius 2 is 1.88 bits per heavy atom. The standard InChI is InChI=1S/C21H21BrN4O5S/c1-30-16-5-2-14(3-6-16)18-13-20(25-24-18)23-21(27)15-4-7-17(22)19(12-15)32(28,29)26-8-10-31-11-9-26/h2-7,12-13H,8-11H2,1H3,(H2,23,24,25,27). The van der Waals surface area contributed by atoms with E-state index in [1.807, 2.05) is 24.3 Å². The molecular weight excluding hydrogens is 500 g/mol. The number of halogens is 1. The van der Waals surface area contributed by atoms with Gasteiger partial charge >= 0.3 is 0 Å². The first-order chi connectivity index (χ1) is 15.4. The number of carbonyl (C=O) groups is 1. The number of anilines is 1. The first kappa shape index (κ1) is 22.5. The van der Waals surface area contributed by atoms with Crippen LogP contribution >= 0.6 is 15.9 Å². The third-order valence-corrected chi connectivity index (χ3v) is 7.89. The van der Waals surface area contributed by atoms with E-state index >= 15 is 0 Å². The van der Waals surface area contributed by atoms with Crippen molar-refractivity contribution in [2.45, 2.75) is 4.90 Å². The van der Waals surface area contributed by atoms with Crippen molar-refractivity contribution in [3.8, 4) is 17.0 Å². The number of nitrogens with zero attached hydrogens (tertiary/aromatic N) is 2. The molecule has 1 aromatic heterocycles. The van der Waals surface area contributed by atoms with Gasteiger partial charge in [-0.2, -0.15) is 9.40 Å². The molecule has 3 aromatic rings. The Morgan fingerprint density at radius 1 is 1.16 bits per heavy atom. The van der Waals surface area contributed by atoms with E-state index in [0.717, 1.165) is 11.3 Å². The summed E-state index contributed by atoms with van der Waals surface area (Å²) in [6.07, 6.45) is 0. The van der Waals surface area contributed by atoms with Crippen molar-refractivity contribution in [2.24, 2.45) is 0 Å². The number of nitrogens with one attached hydrogen (secondary N) is 2. The molecule has 168 valence electrons. The number of hydrogen-bond acceptors (Lipinski definition) is 6. The average molecular weight is 521 g/mol. The molecule has 2 N–H and O–H groups in total. The predicted octanol–water partition coefficient (Wildman–Crippen LogP) is 3.12. The molecule has 2 aromatic carbocycles. The van der Waals surface area contributed by atoms with E-state index in [1.165, 1.54) is 10.4 Å². The number of sulfonamides is 1. The summed E-state index contributed by atoms with van der Waals surface area (Å²) in [6, 6.07) is 13.6. The zero-order chi connectivity index (χ0) is 22.7. The van der Waals surface area contributed by atoms with Gasteiger partial charge in [-0.3, -0.25) is 9.89 Å². The molecular formula is C21H21BrN4O5S. The van der Waals surface area contributed by atoms with E-state index in [2.05, 4.69) is 31.4 Å². The molecule has 1 aliphatic rings. The molecule has 1 aliphatic heterocycles. The summed E-state index contributed by atoms with van der Waals surface area (Å²) in [6.45, 7) is 1.22. The highest BCUT2D eigenvalue weighted by Crippen LogP contribution is 2.28. The fraction of sp³-hybridized carbons (Fsp3) is 0.238. The predicted molar refractivity (Wildman–Crippen MR) is 122 cm³/mol. The molecule has 4 rings (SSSR count). The summed E-state index contributed by atoms with van der Waals surface area (Å²) in [5.41, 5.74) is 1.80. The van der Waals surface area contributed by atoms with Gasteiger partial charge in [0.15, 0.2) is 5.82 Å². The molecule has 9 nitrogen and oxygen atoms in total. The minimum absolute atomic E-state index is 0.0352. The quantitative estimate of drug-likeness (QED) is 0.516. The van der Waals surface area contributed by atoms with Crippen LogP contribution in [0.4, 0.5) is 5.82 Å². The Labute approximate surface area is 193 Å². The van der Waals surface area contributed by atoms with Gasteiger partial charge in [0.25, 0.3) is 5.91 Å². The summed E-state index contributed by atoms with van der Waals surface area (Å²) in [4.78, 5) is 12.8. The Hall–Kier alpha value is -2.73. The van der Waals surface area contributed by atoms with Crippen molar-refractivity contribution in [1.82, 2.24) is 14.5 Å². The van der Waals surface area contributed by atoms with Gasteiger partial charge in [0, 0.05) is 29.2 Å². The lowest BCUT2D eigenvalue weighted by Crippen LogP contribution is -2.40. The fourth-order valence-corrected chi connectivity index (χ4v) is 5.62. The first-order valence-electron chi connectivity index (χ1n) is 9.77. The van der Waals surface area contributed by atoms with Crippen LogP contribution in [0.25, 0.3) is 11.3 Å². The van der Waals surface area contributed by atoms with E-state index in [1.54, 1.807) is 25.3 Å². The van der Waals surface area contributed by atoms with Gasteiger partial charge in [-0.05, 0) is 64.0 Å². The molecule has 0 spiro atoms. The van der Waals surface area contributed by atoms with Crippen LogP contribution in [0.1, 0.15) is 10.4 Å². The Bertz CT molecular complexity index is 1220. The van der Waals surface area contributed by atoms with Crippen molar-refractivity contribution < 1.29 is 22.7 Å². The molecule has 11 heteroatoms. The maximum absolute atomic E-state index is 13.0. The van der Waals surface area contributed by atoms with Crippen molar-refractivity contribution in [1.29, 1.82) is 0 Å². The maximum Gasteiger partial charge on any atom is 0.256 e. The molecule has 1 amide bonds. The topological polar surface area (TPSA) is 114 Å². The molecule has 0 atom stereocenters. The van der Waals surface area contributed by atoms with E-state index in [0.29, 0.717) is 29.2 Å². The molecule has 2 heterocycles. The summed E-state index contributed by atoms with van der Waals surface area (Å²) in [5.74, 6) is 0.588. The van der Waals surface area contributed by atoms with Crippen molar-refractivity contribution in [2.75, 3.05) is 38.7 Å². The lowest BCUT2D eigenvalue weighted by molar-refractivity contribution is 0.0730. The molecule has 0 saturated carbocycles. The van der Waals surface area contributed by atoms with Crippen LogP contribution in [-0.4, -0.2) is 62.2 Å². The van der Waals surface area contributed by atoms with Gasteiger partial charge in [-0.15, -0.1) is 0 Å². The second kappa shape index (κ2) is 9.41. The van der Waals surface area contributed by atoms with Crippen LogP contribution in [0.15, 0.2) is 57.9 Å². The molecule has 1 fully saturated rings. The number of ether oxygens (including phenoxy) is 2. The largest absolute Gasteiger partial charge is 0.497 e. The number of methoxy groups -OCH3 is 1. The molecule has 0 bridgehead atoms. The molecule has 0 radical (unpaired) electrons. The zero-order valence-electron chi connectivity index (χ0n) is 17.2. The van der Waals surface area contributed by atoms with Gasteiger partial charge < -0.3 is 14.8 Å². The third-order valence-electron chi connectivity index (χ3n) is 5.00. The third kappa shape index (κ3) is 4.70. The molecule has 1 saturated heterocycles. The number of morpholine rings is 1. The number of H-pyrrole nitrogens is 1. The van der Waals surface area contributed by atoms with Gasteiger partial charge in [0.05, 0.1) is 30.9 Å². The van der Waals surface area contributed by atoms with E-state index < -0.39 is 15.9 Å². The maximum atomic E-state index is 13.0. The Morgan fingerprint density at radius 3 is 2.56 bits per heavy atom.